The van der Waals surface area contributed by atoms with Gasteiger partial charge in [-0.05, 0) is 111 Å². The van der Waals surface area contributed by atoms with Crippen molar-refractivity contribution in [3.05, 3.63) is 79.8 Å². The summed E-state index contributed by atoms with van der Waals surface area (Å²) in [6, 6.07) is 19.0. The SMILES string of the molecule is CCc1cc(Br)c2oc(-c3ccc(NC(=O)c4ccc(I)cc4)cc3)nc2c1. The number of anilines is 1. The Morgan fingerprint density at radius 3 is 2.50 bits per heavy atom. The van der Waals surface area contributed by atoms with E-state index in [1.165, 1.54) is 5.56 Å². The number of amides is 1. The molecular formula is C22H16BrIN2O2. The van der Waals surface area contributed by atoms with E-state index < -0.39 is 0 Å². The van der Waals surface area contributed by atoms with Crippen LogP contribution in [-0.4, -0.2) is 10.9 Å². The van der Waals surface area contributed by atoms with Gasteiger partial charge >= 0.3 is 0 Å². The number of carbonyl (C=O) groups is 1. The van der Waals surface area contributed by atoms with Crippen LogP contribution in [0, 0.1) is 3.57 Å². The lowest BCUT2D eigenvalue weighted by molar-refractivity contribution is 0.102. The van der Waals surface area contributed by atoms with Gasteiger partial charge in [-0.2, -0.15) is 0 Å². The van der Waals surface area contributed by atoms with E-state index in [9.17, 15) is 4.79 Å². The molecule has 6 heteroatoms. The fourth-order valence-electron chi connectivity index (χ4n) is 2.87. The van der Waals surface area contributed by atoms with Crippen molar-refractivity contribution in [3.63, 3.8) is 0 Å². The Hall–Kier alpha value is -2.19. The third kappa shape index (κ3) is 3.98. The molecule has 1 heterocycles. The molecule has 0 fully saturated rings. The lowest BCUT2D eigenvalue weighted by Crippen LogP contribution is -2.11. The second-order valence-corrected chi connectivity index (χ2v) is 8.44. The summed E-state index contributed by atoms with van der Waals surface area (Å²) in [7, 11) is 0. The normalized spacial score (nSPS) is 11.0. The van der Waals surface area contributed by atoms with Gasteiger partial charge in [-0.3, -0.25) is 4.79 Å². The van der Waals surface area contributed by atoms with Crippen molar-refractivity contribution >= 4 is 61.2 Å². The third-order valence-electron chi connectivity index (χ3n) is 4.41. The van der Waals surface area contributed by atoms with Crippen LogP contribution in [0.4, 0.5) is 5.69 Å². The Morgan fingerprint density at radius 1 is 1.11 bits per heavy atom. The number of halogens is 2. The van der Waals surface area contributed by atoms with Crippen molar-refractivity contribution in [3.8, 4) is 11.5 Å². The summed E-state index contributed by atoms with van der Waals surface area (Å²) in [5.41, 5.74) is 4.97. The number of nitrogens with one attached hydrogen (secondary N) is 1. The minimum Gasteiger partial charge on any atom is -0.435 e. The van der Waals surface area contributed by atoms with Crippen LogP contribution < -0.4 is 5.32 Å². The van der Waals surface area contributed by atoms with Crippen LogP contribution in [0.25, 0.3) is 22.6 Å². The molecule has 0 aliphatic carbocycles. The van der Waals surface area contributed by atoms with Gasteiger partial charge < -0.3 is 9.73 Å². The fraction of sp³-hybridized carbons (Fsp3) is 0.0909. The molecule has 1 aromatic heterocycles. The van der Waals surface area contributed by atoms with Gasteiger partial charge in [0.05, 0.1) is 4.47 Å². The maximum absolute atomic E-state index is 12.3. The minimum atomic E-state index is -0.137. The van der Waals surface area contributed by atoms with Crippen LogP contribution in [0.2, 0.25) is 0 Å². The molecule has 0 radical (unpaired) electrons. The highest BCUT2D eigenvalue weighted by atomic mass is 127. The number of nitrogens with zero attached hydrogens (tertiary/aromatic N) is 1. The zero-order valence-corrected chi connectivity index (χ0v) is 18.7. The van der Waals surface area contributed by atoms with Crippen molar-refractivity contribution < 1.29 is 9.21 Å². The Balaban J connectivity index is 1.56. The van der Waals surface area contributed by atoms with Crippen LogP contribution in [0.3, 0.4) is 0 Å². The lowest BCUT2D eigenvalue weighted by atomic mass is 10.1. The molecule has 28 heavy (non-hydrogen) atoms. The highest BCUT2D eigenvalue weighted by molar-refractivity contribution is 14.1. The molecule has 0 saturated heterocycles. The third-order valence-corrected chi connectivity index (χ3v) is 5.72. The van der Waals surface area contributed by atoms with E-state index in [1.54, 1.807) is 0 Å². The average Bonchev–Trinajstić information content (AvgIpc) is 3.13. The van der Waals surface area contributed by atoms with E-state index in [0.29, 0.717) is 11.5 Å². The predicted molar refractivity (Wildman–Crippen MR) is 124 cm³/mol. The van der Waals surface area contributed by atoms with Crippen LogP contribution in [0.1, 0.15) is 22.8 Å². The smallest absolute Gasteiger partial charge is 0.255 e. The summed E-state index contributed by atoms with van der Waals surface area (Å²) in [6.45, 7) is 2.11. The molecule has 0 bridgehead atoms. The molecule has 1 N–H and O–H groups in total. The molecule has 3 aromatic carbocycles. The van der Waals surface area contributed by atoms with Crippen molar-refractivity contribution in [2.75, 3.05) is 5.32 Å². The second-order valence-electron chi connectivity index (χ2n) is 6.34. The maximum Gasteiger partial charge on any atom is 0.255 e. The van der Waals surface area contributed by atoms with Crippen LogP contribution >= 0.6 is 38.5 Å². The zero-order valence-electron chi connectivity index (χ0n) is 15.0. The summed E-state index contributed by atoms with van der Waals surface area (Å²) >= 11 is 5.77. The van der Waals surface area contributed by atoms with Gasteiger partial charge in [0.2, 0.25) is 5.89 Å². The summed E-state index contributed by atoms with van der Waals surface area (Å²) in [5.74, 6) is 0.418. The second kappa shape index (κ2) is 8.05. The molecule has 4 rings (SSSR count). The van der Waals surface area contributed by atoms with Gasteiger partial charge in [0.25, 0.3) is 5.91 Å². The molecule has 4 nitrogen and oxygen atoms in total. The quantitative estimate of drug-likeness (QED) is 0.291. The Morgan fingerprint density at radius 2 is 1.82 bits per heavy atom. The Labute approximate surface area is 184 Å². The number of aromatic nitrogens is 1. The molecular weight excluding hydrogens is 531 g/mol. The van der Waals surface area contributed by atoms with Crippen LogP contribution in [0.15, 0.2) is 69.6 Å². The standard InChI is InChI=1S/C22H16BrIN2O2/c1-2-13-11-18(23)20-19(12-13)26-22(28-20)15-5-9-17(10-6-15)25-21(27)14-3-7-16(24)8-4-14/h3-12H,2H2,1H3,(H,25,27). The number of carbonyl (C=O) groups excluding carboxylic acids is 1. The van der Waals surface area contributed by atoms with E-state index >= 15 is 0 Å². The first kappa shape index (κ1) is 19.1. The summed E-state index contributed by atoms with van der Waals surface area (Å²) < 4.78 is 7.94. The van der Waals surface area contributed by atoms with Crippen molar-refractivity contribution in [1.82, 2.24) is 4.98 Å². The largest absolute Gasteiger partial charge is 0.435 e. The fourth-order valence-corrected chi connectivity index (χ4v) is 3.81. The van der Waals surface area contributed by atoms with E-state index in [1.807, 2.05) is 54.6 Å². The van der Waals surface area contributed by atoms with E-state index in [-0.39, 0.29) is 5.91 Å². The van der Waals surface area contributed by atoms with Gasteiger partial charge in [-0.25, -0.2) is 4.98 Å². The number of fused-ring (bicyclic) bond motifs is 1. The van der Waals surface area contributed by atoms with Gasteiger partial charge in [-0.1, -0.05) is 6.92 Å². The van der Waals surface area contributed by atoms with Gasteiger partial charge in [0.1, 0.15) is 5.52 Å². The number of benzene rings is 3. The van der Waals surface area contributed by atoms with Crippen molar-refractivity contribution in [2.45, 2.75) is 13.3 Å². The molecule has 1 amide bonds. The number of hydrogen-bond donors (Lipinski definition) is 1. The molecule has 4 aromatic rings. The van der Waals surface area contributed by atoms with Crippen molar-refractivity contribution in [2.24, 2.45) is 0 Å². The Bertz CT molecular complexity index is 1150. The predicted octanol–water partition coefficient (Wildman–Crippen LogP) is 6.68. The lowest BCUT2D eigenvalue weighted by Gasteiger charge is -2.06. The monoisotopic (exact) mass is 546 g/mol. The molecule has 140 valence electrons. The minimum absolute atomic E-state index is 0.137. The van der Waals surface area contributed by atoms with Gasteiger partial charge in [0, 0.05) is 20.4 Å². The summed E-state index contributed by atoms with van der Waals surface area (Å²) in [4.78, 5) is 17.0. The summed E-state index contributed by atoms with van der Waals surface area (Å²) in [5, 5.41) is 2.91. The van der Waals surface area contributed by atoms with Gasteiger partial charge in [-0.15, -0.1) is 0 Å². The van der Waals surface area contributed by atoms with Gasteiger partial charge in [0.15, 0.2) is 5.58 Å². The zero-order chi connectivity index (χ0) is 19.7. The molecule has 0 unspecified atom stereocenters. The molecule has 0 atom stereocenters. The highest BCUT2D eigenvalue weighted by Crippen LogP contribution is 2.31. The van der Waals surface area contributed by atoms with E-state index in [0.717, 1.165) is 36.8 Å². The summed E-state index contributed by atoms with van der Waals surface area (Å²) in [6.07, 6.45) is 0.936. The first-order chi connectivity index (χ1) is 13.5. The topological polar surface area (TPSA) is 55.1 Å². The number of hydrogen-bond acceptors (Lipinski definition) is 3. The first-order valence-corrected chi connectivity index (χ1v) is 10.7. The number of oxazole rings is 1. The maximum atomic E-state index is 12.3. The Kier molecular flexibility index (Phi) is 5.50. The van der Waals surface area contributed by atoms with Crippen LogP contribution in [-0.2, 0) is 6.42 Å². The van der Waals surface area contributed by atoms with E-state index in [4.69, 9.17) is 4.42 Å². The molecule has 0 saturated carbocycles. The first-order valence-electron chi connectivity index (χ1n) is 8.80. The van der Waals surface area contributed by atoms with Crippen molar-refractivity contribution in [1.29, 1.82) is 0 Å². The number of rotatable bonds is 4. The van der Waals surface area contributed by atoms with Crippen LogP contribution in [0.5, 0.6) is 0 Å². The number of aryl methyl sites for hydroxylation is 1. The molecule has 0 spiro atoms. The average molecular weight is 547 g/mol. The highest BCUT2D eigenvalue weighted by Gasteiger charge is 2.12. The molecule has 0 aliphatic rings. The van der Waals surface area contributed by atoms with E-state index in [2.05, 4.69) is 61.8 Å². The molecule has 0 aliphatic heterocycles.